The smallest absolute Gasteiger partial charge is 0.132 e. The lowest BCUT2D eigenvalue weighted by molar-refractivity contribution is 0.101. The molecule has 0 radical (unpaired) electrons. The molecule has 3 nitrogen and oxygen atoms in total. The van der Waals surface area contributed by atoms with Crippen LogP contribution in [0.5, 0.6) is 5.75 Å². The maximum Gasteiger partial charge on any atom is 0.132 e. The third-order valence-electron chi connectivity index (χ3n) is 4.20. The molecule has 1 unspecified atom stereocenters. The average Bonchev–Trinajstić information content (AvgIpc) is 2.43. The van der Waals surface area contributed by atoms with Crippen LogP contribution < -0.4 is 4.74 Å². The molecule has 0 spiro atoms. The topological polar surface area (TPSA) is 32.7 Å². The van der Waals surface area contributed by atoms with Gasteiger partial charge >= 0.3 is 0 Å². The maximum absolute atomic E-state index is 13.9. The molecule has 1 aromatic carbocycles. The molecule has 0 aromatic heterocycles. The first-order chi connectivity index (χ1) is 9.33. The largest absolute Gasteiger partial charge is 0.496 e. The fourth-order valence-corrected chi connectivity index (χ4v) is 2.05. The van der Waals surface area contributed by atoms with Crippen LogP contribution >= 0.6 is 0 Å². The van der Waals surface area contributed by atoms with E-state index in [1.165, 1.54) is 13.2 Å². The first-order valence-corrected chi connectivity index (χ1v) is 7.05. The van der Waals surface area contributed by atoms with E-state index >= 15 is 0 Å². The summed E-state index contributed by atoms with van der Waals surface area (Å²) in [6.07, 6.45) is 0.626. The van der Waals surface area contributed by atoms with Crippen LogP contribution in [0.3, 0.4) is 0 Å². The molecule has 114 valence electrons. The number of ether oxygens (including phenoxy) is 1. The van der Waals surface area contributed by atoms with Gasteiger partial charge in [0, 0.05) is 12.1 Å². The van der Waals surface area contributed by atoms with Crippen molar-refractivity contribution in [2.24, 2.45) is 0 Å². The Kier molecular flexibility index (Phi) is 5.96. The minimum absolute atomic E-state index is 0.0685. The Balaban J connectivity index is 2.75. The second kappa shape index (κ2) is 7.04. The summed E-state index contributed by atoms with van der Waals surface area (Å²) in [4.78, 5) is 2.18. The molecule has 1 N–H and O–H groups in total. The quantitative estimate of drug-likeness (QED) is 0.832. The summed E-state index contributed by atoms with van der Waals surface area (Å²) >= 11 is 0. The van der Waals surface area contributed by atoms with Crippen molar-refractivity contribution < 1.29 is 14.2 Å². The van der Waals surface area contributed by atoms with E-state index in [9.17, 15) is 9.50 Å². The third kappa shape index (κ3) is 3.93. The van der Waals surface area contributed by atoms with Gasteiger partial charge in [-0.1, -0.05) is 13.0 Å². The van der Waals surface area contributed by atoms with Crippen LogP contribution in [0.1, 0.15) is 45.3 Å². The molecular formula is C16H26FNO2. The van der Waals surface area contributed by atoms with Crippen molar-refractivity contribution in [2.45, 2.75) is 45.3 Å². The van der Waals surface area contributed by atoms with E-state index in [1.807, 2.05) is 7.05 Å². The van der Waals surface area contributed by atoms with Crippen molar-refractivity contribution in [1.29, 1.82) is 0 Å². The summed E-state index contributed by atoms with van der Waals surface area (Å²) in [7, 11) is 3.51. The van der Waals surface area contributed by atoms with E-state index in [4.69, 9.17) is 4.74 Å². The highest BCUT2D eigenvalue weighted by Crippen LogP contribution is 2.30. The second-order valence-corrected chi connectivity index (χ2v) is 5.75. The Hall–Kier alpha value is -1.13. The Bertz CT molecular complexity index is 434. The molecule has 0 saturated carbocycles. The van der Waals surface area contributed by atoms with Crippen molar-refractivity contribution in [2.75, 3.05) is 20.7 Å². The molecule has 0 fully saturated rings. The summed E-state index contributed by atoms with van der Waals surface area (Å²) in [5.74, 6) is -0.0239. The molecule has 0 aliphatic heterocycles. The highest BCUT2D eigenvalue weighted by Gasteiger charge is 2.23. The van der Waals surface area contributed by atoms with Crippen LogP contribution in [0, 0.1) is 5.82 Å². The Morgan fingerprint density at radius 3 is 2.60 bits per heavy atom. The SMILES string of the molecule is CCC(C)(C)N(C)CCC(O)c1c(F)cccc1OC. The number of hydrogen-bond donors (Lipinski definition) is 1. The van der Waals surface area contributed by atoms with Gasteiger partial charge in [-0.2, -0.15) is 0 Å². The molecule has 0 saturated heterocycles. The van der Waals surface area contributed by atoms with Crippen molar-refractivity contribution in [1.82, 2.24) is 4.90 Å². The first kappa shape index (κ1) is 16.9. The average molecular weight is 283 g/mol. The summed E-state index contributed by atoms with van der Waals surface area (Å²) in [5.41, 5.74) is 0.316. The van der Waals surface area contributed by atoms with E-state index in [0.29, 0.717) is 18.7 Å². The number of aliphatic hydroxyl groups is 1. The molecular weight excluding hydrogens is 257 g/mol. The number of aliphatic hydroxyl groups excluding tert-OH is 1. The van der Waals surface area contributed by atoms with Gasteiger partial charge < -0.3 is 14.7 Å². The lowest BCUT2D eigenvalue weighted by Gasteiger charge is -2.35. The fraction of sp³-hybridized carbons (Fsp3) is 0.625. The predicted octanol–water partition coefficient (Wildman–Crippen LogP) is 3.38. The van der Waals surface area contributed by atoms with Gasteiger partial charge in [-0.25, -0.2) is 4.39 Å². The zero-order valence-corrected chi connectivity index (χ0v) is 13.1. The van der Waals surface area contributed by atoms with Crippen molar-refractivity contribution >= 4 is 0 Å². The molecule has 1 rings (SSSR count). The van der Waals surface area contributed by atoms with Crippen LogP contribution in [-0.4, -0.2) is 36.2 Å². The Morgan fingerprint density at radius 2 is 2.05 bits per heavy atom. The van der Waals surface area contributed by atoms with Crippen LogP contribution in [0.15, 0.2) is 18.2 Å². The molecule has 0 aliphatic rings. The van der Waals surface area contributed by atoms with Gasteiger partial charge in [0.25, 0.3) is 0 Å². The number of hydrogen-bond acceptors (Lipinski definition) is 3. The van der Waals surface area contributed by atoms with Crippen LogP contribution in [0.4, 0.5) is 4.39 Å². The van der Waals surface area contributed by atoms with Crippen LogP contribution in [-0.2, 0) is 0 Å². The van der Waals surface area contributed by atoms with Crippen LogP contribution in [0.2, 0.25) is 0 Å². The van der Waals surface area contributed by atoms with Gasteiger partial charge in [0.1, 0.15) is 11.6 Å². The van der Waals surface area contributed by atoms with E-state index in [2.05, 4.69) is 25.7 Å². The lowest BCUT2D eigenvalue weighted by Crippen LogP contribution is -2.41. The van der Waals surface area contributed by atoms with Gasteiger partial charge in [0.05, 0.1) is 18.8 Å². The fourth-order valence-electron chi connectivity index (χ4n) is 2.05. The van der Waals surface area contributed by atoms with Crippen molar-refractivity contribution in [3.05, 3.63) is 29.6 Å². The normalized spacial score (nSPS) is 13.6. The zero-order chi connectivity index (χ0) is 15.3. The molecule has 0 heterocycles. The summed E-state index contributed by atoms with van der Waals surface area (Å²) in [6, 6.07) is 4.60. The highest BCUT2D eigenvalue weighted by atomic mass is 19.1. The highest BCUT2D eigenvalue weighted by molar-refractivity contribution is 5.36. The Labute approximate surface area is 121 Å². The van der Waals surface area contributed by atoms with Gasteiger partial charge in [-0.3, -0.25) is 0 Å². The molecule has 0 bridgehead atoms. The summed E-state index contributed by atoms with van der Waals surface area (Å²) in [6.45, 7) is 7.14. The molecule has 0 aliphatic carbocycles. The minimum Gasteiger partial charge on any atom is -0.496 e. The van der Waals surface area contributed by atoms with Crippen molar-refractivity contribution in [3.8, 4) is 5.75 Å². The molecule has 4 heteroatoms. The zero-order valence-electron chi connectivity index (χ0n) is 13.1. The van der Waals surface area contributed by atoms with E-state index in [-0.39, 0.29) is 11.1 Å². The molecule has 20 heavy (non-hydrogen) atoms. The van der Waals surface area contributed by atoms with Gasteiger partial charge in [-0.15, -0.1) is 0 Å². The number of rotatable bonds is 7. The summed E-state index contributed by atoms with van der Waals surface area (Å²) in [5, 5.41) is 10.3. The predicted molar refractivity (Wildman–Crippen MR) is 79.5 cm³/mol. The van der Waals surface area contributed by atoms with Crippen LogP contribution in [0.25, 0.3) is 0 Å². The molecule has 1 atom stereocenters. The van der Waals surface area contributed by atoms with Gasteiger partial charge in [-0.05, 0) is 45.9 Å². The second-order valence-electron chi connectivity index (χ2n) is 5.75. The van der Waals surface area contributed by atoms with Gasteiger partial charge in [0.2, 0.25) is 0 Å². The van der Waals surface area contributed by atoms with E-state index in [1.54, 1.807) is 12.1 Å². The number of methoxy groups -OCH3 is 1. The van der Waals surface area contributed by atoms with Gasteiger partial charge in [0.15, 0.2) is 0 Å². The number of nitrogens with zero attached hydrogens (tertiary/aromatic N) is 1. The summed E-state index contributed by atoms with van der Waals surface area (Å²) < 4.78 is 19.0. The van der Waals surface area contributed by atoms with E-state index < -0.39 is 11.9 Å². The third-order valence-corrected chi connectivity index (χ3v) is 4.20. The number of benzene rings is 1. The van der Waals surface area contributed by atoms with Crippen molar-refractivity contribution in [3.63, 3.8) is 0 Å². The monoisotopic (exact) mass is 283 g/mol. The maximum atomic E-state index is 13.9. The molecule has 1 aromatic rings. The first-order valence-electron chi connectivity index (χ1n) is 7.05. The Morgan fingerprint density at radius 1 is 1.40 bits per heavy atom. The number of halogens is 1. The minimum atomic E-state index is -0.860. The lowest BCUT2D eigenvalue weighted by atomic mass is 9.98. The van der Waals surface area contributed by atoms with E-state index in [0.717, 1.165) is 6.42 Å². The molecule has 0 amide bonds. The standard InChI is InChI=1S/C16H26FNO2/c1-6-16(2,3)18(4)11-10-13(19)15-12(17)8-7-9-14(15)20-5/h7-9,13,19H,6,10-11H2,1-5H3.